The van der Waals surface area contributed by atoms with Crippen LogP contribution in [0.3, 0.4) is 0 Å². The first-order chi connectivity index (χ1) is 8.77. The van der Waals surface area contributed by atoms with Gasteiger partial charge in [0, 0.05) is 12.7 Å². The average molecular weight is 269 g/mol. The Morgan fingerprint density at radius 1 is 1.44 bits per heavy atom. The lowest BCUT2D eigenvalue weighted by molar-refractivity contribution is -0.110. The van der Waals surface area contributed by atoms with Gasteiger partial charge in [0.1, 0.15) is 5.75 Å². The summed E-state index contributed by atoms with van der Waals surface area (Å²) < 4.78 is 10.8. The molecule has 0 heterocycles. The van der Waals surface area contributed by atoms with E-state index >= 15 is 0 Å². The summed E-state index contributed by atoms with van der Waals surface area (Å²) in [5.41, 5.74) is 1.03. The standard InChI is InChI=1S/C13H19NO3S/c1-11(14-10-15)12-5-3-6-13(9-12)16-7-4-8-17-18-2/h3,5-6,9-11H,4,7-8H2,1-2H3,(H,14,15). The Kier molecular flexibility index (Phi) is 7.29. The molecular formula is C13H19NO3S. The lowest BCUT2D eigenvalue weighted by Crippen LogP contribution is -2.16. The summed E-state index contributed by atoms with van der Waals surface area (Å²) in [7, 11) is 0. The maximum atomic E-state index is 10.4. The second-order valence-corrected chi connectivity index (χ2v) is 4.34. The summed E-state index contributed by atoms with van der Waals surface area (Å²) >= 11 is 1.36. The minimum atomic E-state index is -0.00845. The minimum absolute atomic E-state index is 0.00845. The highest BCUT2D eigenvalue weighted by atomic mass is 32.2. The maximum Gasteiger partial charge on any atom is 0.207 e. The molecular weight excluding hydrogens is 250 g/mol. The van der Waals surface area contributed by atoms with Crippen molar-refractivity contribution in [1.29, 1.82) is 0 Å². The van der Waals surface area contributed by atoms with E-state index < -0.39 is 0 Å². The molecule has 1 aromatic rings. The van der Waals surface area contributed by atoms with Gasteiger partial charge in [-0.1, -0.05) is 12.1 Å². The molecule has 1 atom stereocenters. The zero-order valence-electron chi connectivity index (χ0n) is 10.7. The van der Waals surface area contributed by atoms with Gasteiger partial charge in [-0.05, 0) is 36.7 Å². The Labute approximate surface area is 112 Å². The van der Waals surface area contributed by atoms with Gasteiger partial charge in [-0.2, -0.15) is 0 Å². The van der Waals surface area contributed by atoms with Crippen LogP contribution >= 0.6 is 12.0 Å². The van der Waals surface area contributed by atoms with Gasteiger partial charge in [0.2, 0.25) is 6.41 Å². The number of carbonyl (C=O) groups is 1. The molecule has 18 heavy (non-hydrogen) atoms. The van der Waals surface area contributed by atoms with Crippen LogP contribution in [0.5, 0.6) is 5.75 Å². The number of benzene rings is 1. The predicted molar refractivity (Wildman–Crippen MR) is 73.6 cm³/mol. The second kappa shape index (κ2) is 8.83. The fourth-order valence-electron chi connectivity index (χ4n) is 1.46. The van der Waals surface area contributed by atoms with Crippen molar-refractivity contribution in [1.82, 2.24) is 5.32 Å². The van der Waals surface area contributed by atoms with Crippen LogP contribution < -0.4 is 10.1 Å². The molecule has 4 nitrogen and oxygen atoms in total. The van der Waals surface area contributed by atoms with Crippen molar-refractivity contribution in [3.63, 3.8) is 0 Å². The normalized spacial score (nSPS) is 11.9. The van der Waals surface area contributed by atoms with Gasteiger partial charge in [-0.3, -0.25) is 4.79 Å². The Morgan fingerprint density at radius 3 is 3.00 bits per heavy atom. The Balaban J connectivity index is 2.41. The summed E-state index contributed by atoms with van der Waals surface area (Å²) in [6.45, 7) is 3.24. The van der Waals surface area contributed by atoms with Crippen molar-refractivity contribution >= 4 is 18.5 Å². The van der Waals surface area contributed by atoms with Crippen LogP contribution in [0.1, 0.15) is 24.9 Å². The Hall–Kier alpha value is -1.20. The fraction of sp³-hybridized carbons (Fsp3) is 0.462. The van der Waals surface area contributed by atoms with Crippen molar-refractivity contribution in [2.45, 2.75) is 19.4 Å². The smallest absolute Gasteiger partial charge is 0.207 e. The van der Waals surface area contributed by atoms with Gasteiger partial charge in [0.25, 0.3) is 0 Å². The molecule has 1 amide bonds. The molecule has 0 saturated carbocycles. The molecule has 5 heteroatoms. The van der Waals surface area contributed by atoms with Crippen LogP contribution in [0.4, 0.5) is 0 Å². The summed E-state index contributed by atoms with van der Waals surface area (Å²) in [5, 5.41) is 2.71. The number of hydrogen-bond donors (Lipinski definition) is 1. The fourth-order valence-corrected chi connectivity index (χ4v) is 1.75. The lowest BCUT2D eigenvalue weighted by atomic mass is 10.1. The molecule has 0 spiro atoms. The highest BCUT2D eigenvalue weighted by Crippen LogP contribution is 2.18. The summed E-state index contributed by atoms with van der Waals surface area (Å²) in [4.78, 5) is 10.4. The third kappa shape index (κ3) is 5.42. The van der Waals surface area contributed by atoms with E-state index in [1.165, 1.54) is 12.0 Å². The first-order valence-corrected chi connectivity index (χ1v) is 7.01. The molecule has 0 aliphatic heterocycles. The van der Waals surface area contributed by atoms with E-state index in [4.69, 9.17) is 8.92 Å². The number of amides is 1. The minimum Gasteiger partial charge on any atom is -0.493 e. The zero-order chi connectivity index (χ0) is 13.2. The first-order valence-electron chi connectivity index (χ1n) is 5.86. The molecule has 0 bridgehead atoms. The van der Waals surface area contributed by atoms with Gasteiger partial charge in [0.05, 0.1) is 19.3 Å². The first kappa shape index (κ1) is 14.9. The molecule has 1 unspecified atom stereocenters. The molecule has 1 rings (SSSR count). The molecule has 0 aromatic heterocycles. The van der Waals surface area contributed by atoms with Gasteiger partial charge < -0.3 is 14.2 Å². The van der Waals surface area contributed by atoms with Crippen LogP contribution in [-0.4, -0.2) is 25.9 Å². The van der Waals surface area contributed by atoms with Crippen molar-refractivity contribution in [3.05, 3.63) is 29.8 Å². The molecule has 1 aromatic carbocycles. The van der Waals surface area contributed by atoms with Crippen molar-refractivity contribution < 1.29 is 13.7 Å². The lowest BCUT2D eigenvalue weighted by Gasteiger charge is -2.12. The highest BCUT2D eigenvalue weighted by molar-refractivity contribution is 7.93. The van der Waals surface area contributed by atoms with E-state index in [9.17, 15) is 4.79 Å². The molecule has 0 aliphatic rings. The maximum absolute atomic E-state index is 10.4. The predicted octanol–water partition coefficient (Wildman–Crippen LogP) is 2.56. The third-order valence-corrected chi connectivity index (χ3v) is 2.84. The molecule has 0 aliphatic carbocycles. The van der Waals surface area contributed by atoms with E-state index in [1.807, 2.05) is 37.4 Å². The Bertz CT molecular complexity index is 360. The SMILES string of the molecule is CSOCCCOc1cccc(C(C)NC=O)c1. The van der Waals surface area contributed by atoms with Crippen LogP contribution in [-0.2, 0) is 8.98 Å². The van der Waals surface area contributed by atoms with Gasteiger partial charge in [-0.25, -0.2) is 0 Å². The molecule has 0 radical (unpaired) electrons. The number of carbonyl (C=O) groups excluding carboxylic acids is 1. The van der Waals surface area contributed by atoms with Crippen molar-refractivity contribution in [2.24, 2.45) is 0 Å². The number of rotatable bonds is 9. The zero-order valence-corrected chi connectivity index (χ0v) is 11.5. The van der Waals surface area contributed by atoms with Crippen LogP contribution in [0.15, 0.2) is 24.3 Å². The second-order valence-electron chi connectivity index (χ2n) is 3.77. The van der Waals surface area contributed by atoms with Gasteiger partial charge in [-0.15, -0.1) is 0 Å². The monoisotopic (exact) mass is 269 g/mol. The molecule has 100 valence electrons. The number of nitrogens with one attached hydrogen (secondary N) is 1. The van der Waals surface area contributed by atoms with E-state index in [-0.39, 0.29) is 6.04 Å². The van der Waals surface area contributed by atoms with Crippen molar-refractivity contribution in [3.8, 4) is 5.75 Å². The van der Waals surface area contributed by atoms with E-state index in [2.05, 4.69) is 5.32 Å². The van der Waals surface area contributed by atoms with E-state index in [1.54, 1.807) is 0 Å². The van der Waals surface area contributed by atoms with E-state index in [0.29, 0.717) is 19.6 Å². The third-order valence-electron chi connectivity index (χ3n) is 2.43. The van der Waals surface area contributed by atoms with Gasteiger partial charge in [0.15, 0.2) is 0 Å². The van der Waals surface area contributed by atoms with Gasteiger partial charge >= 0.3 is 0 Å². The molecule has 0 fully saturated rings. The van der Waals surface area contributed by atoms with Crippen LogP contribution in [0.2, 0.25) is 0 Å². The molecule has 1 N–H and O–H groups in total. The largest absolute Gasteiger partial charge is 0.493 e. The summed E-state index contributed by atoms with van der Waals surface area (Å²) in [5.74, 6) is 0.816. The van der Waals surface area contributed by atoms with Crippen LogP contribution in [0, 0.1) is 0 Å². The summed E-state index contributed by atoms with van der Waals surface area (Å²) in [6, 6.07) is 7.73. The van der Waals surface area contributed by atoms with Crippen LogP contribution in [0.25, 0.3) is 0 Å². The quantitative estimate of drug-likeness (QED) is 0.425. The Morgan fingerprint density at radius 2 is 2.28 bits per heavy atom. The van der Waals surface area contributed by atoms with E-state index in [0.717, 1.165) is 17.7 Å². The molecule has 0 saturated heterocycles. The van der Waals surface area contributed by atoms with Crippen molar-refractivity contribution in [2.75, 3.05) is 19.5 Å². The number of hydrogen-bond acceptors (Lipinski definition) is 4. The highest BCUT2D eigenvalue weighted by Gasteiger charge is 2.04. The topological polar surface area (TPSA) is 47.6 Å². The average Bonchev–Trinajstić information content (AvgIpc) is 2.39. The number of ether oxygens (including phenoxy) is 1. The summed E-state index contributed by atoms with van der Waals surface area (Å²) in [6.07, 6.45) is 3.46.